The van der Waals surface area contributed by atoms with E-state index in [-0.39, 0.29) is 6.04 Å². The minimum atomic E-state index is -0.838. The number of hydrazone groups is 1. The molecule has 0 amide bonds. The average molecular weight is 264 g/mol. The third-order valence-electron chi connectivity index (χ3n) is 2.89. The molecule has 0 aliphatic carbocycles. The second kappa shape index (κ2) is 4.49. The van der Waals surface area contributed by atoms with E-state index in [0.29, 0.717) is 12.0 Å². The Morgan fingerprint density at radius 1 is 1.22 bits per heavy atom. The van der Waals surface area contributed by atoms with Gasteiger partial charge < -0.3 is 5.43 Å². The Labute approximate surface area is 107 Å². The van der Waals surface area contributed by atoms with Gasteiger partial charge in [0, 0.05) is 16.9 Å². The van der Waals surface area contributed by atoms with Gasteiger partial charge in [0.1, 0.15) is 0 Å². The minimum Gasteiger partial charge on any atom is -0.301 e. The molecule has 2 aromatic rings. The molecule has 2 nitrogen and oxygen atoms in total. The van der Waals surface area contributed by atoms with Crippen molar-refractivity contribution >= 4 is 17.0 Å². The Morgan fingerprint density at radius 2 is 2.11 bits per heavy atom. The molecule has 1 aromatic heterocycles. The molecule has 1 unspecified atom stereocenters. The van der Waals surface area contributed by atoms with Crippen molar-refractivity contribution < 1.29 is 8.78 Å². The van der Waals surface area contributed by atoms with E-state index in [2.05, 4.69) is 10.5 Å². The fourth-order valence-corrected chi connectivity index (χ4v) is 2.72. The number of rotatable bonds is 2. The third kappa shape index (κ3) is 2.01. The van der Waals surface area contributed by atoms with Gasteiger partial charge in [0.2, 0.25) is 0 Å². The Morgan fingerprint density at radius 3 is 2.83 bits per heavy atom. The summed E-state index contributed by atoms with van der Waals surface area (Å²) in [4.78, 5) is 1.19. The van der Waals surface area contributed by atoms with Crippen LogP contribution in [-0.2, 0) is 0 Å². The highest BCUT2D eigenvalue weighted by atomic mass is 32.1. The van der Waals surface area contributed by atoms with Crippen molar-refractivity contribution in [2.75, 3.05) is 0 Å². The lowest BCUT2D eigenvalue weighted by atomic mass is 10.0. The highest BCUT2D eigenvalue weighted by Crippen LogP contribution is 2.27. The first-order chi connectivity index (χ1) is 8.74. The fraction of sp³-hybridized carbons (Fsp3) is 0.154. The lowest BCUT2D eigenvalue weighted by Crippen LogP contribution is -2.07. The molecule has 1 N–H and O–H groups in total. The van der Waals surface area contributed by atoms with E-state index in [1.165, 1.54) is 10.9 Å². The number of benzene rings is 1. The van der Waals surface area contributed by atoms with Crippen molar-refractivity contribution in [3.63, 3.8) is 0 Å². The van der Waals surface area contributed by atoms with Crippen LogP contribution in [0.5, 0.6) is 0 Å². The van der Waals surface area contributed by atoms with E-state index in [1.807, 2.05) is 17.5 Å². The van der Waals surface area contributed by atoms with Gasteiger partial charge in [0.25, 0.3) is 0 Å². The maximum Gasteiger partial charge on any atom is 0.159 e. The first-order valence-corrected chi connectivity index (χ1v) is 6.43. The van der Waals surface area contributed by atoms with Gasteiger partial charge in [-0.25, -0.2) is 8.78 Å². The smallest absolute Gasteiger partial charge is 0.159 e. The summed E-state index contributed by atoms with van der Waals surface area (Å²) >= 11 is 1.65. The molecule has 0 saturated carbocycles. The standard InChI is InChI=1S/C13H10F2N2S/c14-9-4-3-8(6-10(9)15)11-7-12(17-16-11)13-2-1-5-18-13/h1-6,12,17H,7H2. The van der Waals surface area contributed by atoms with Gasteiger partial charge >= 0.3 is 0 Å². The number of nitrogens with one attached hydrogen (secondary N) is 1. The third-order valence-corrected chi connectivity index (χ3v) is 3.88. The van der Waals surface area contributed by atoms with Crippen LogP contribution in [0.2, 0.25) is 0 Å². The predicted molar refractivity (Wildman–Crippen MR) is 67.7 cm³/mol. The van der Waals surface area contributed by atoms with Gasteiger partial charge in [-0.05, 0) is 29.6 Å². The van der Waals surface area contributed by atoms with Crippen LogP contribution in [0, 0.1) is 11.6 Å². The summed E-state index contributed by atoms with van der Waals surface area (Å²) in [6, 6.07) is 8.02. The Bertz CT molecular complexity index is 593. The van der Waals surface area contributed by atoms with Crippen molar-refractivity contribution in [2.45, 2.75) is 12.5 Å². The summed E-state index contributed by atoms with van der Waals surface area (Å²) in [6.45, 7) is 0. The molecule has 0 fully saturated rings. The number of hydrogen-bond acceptors (Lipinski definition) is 3. The van der Waals surface area contributed by atoms with E-state index in [4.69, 9.17) is 0 Å². The first kappa shape index (κ1) is 11.3. The van der Waals surface area contributed by atoms with Crippen LogP contribution in [-0.4, -0.2) is 5.71 Å². The van der Waals surface area contributed by atoms with Gasteiger partial charge in [-0.3, -0.25) is 0 Å². The first-order valence-electron chi connectivity index (χ1n) is 5.55. The molecule has 0 radical (unpaired) electrons. The Balaban J connectivity index is 1.81. The molecule has 2 heterocycles. The van der Waals surface area contributed by atoms with E-state index in [1.54, 1.807) is 17.4 Å². The topological polar surface area (TPSA) is 24.4 Å². The van der Waals surface area contributed by atoms with Crippen LogP contribution >= 0.6 is 11.3 Å². The fourth-order valence-electron chi connectivity index (χ4n) is 1.95. The Hall–Kier alpha value is -1.75. The summed E-state index contributed by atoms with van der Waals surface area (Å²) in [7, 11) is 0. The predicted octanol–water partition coefficient (Wildman–Crippen LogP) is 3.47. The maximum atomic E-state index is 13.2. The summed E-state index contributed by atoms with van der Waals surface area (Å²) in [5, 5.41) is 6.20. The molecule has 5 heteroatoms. The molecule has 92 valence electrons. The largest absolute Gasteiger partial charge is 0.301 e. The lowest BCUT2D eigenvalue weighted by Gasteiger charge is -2.06. The van der Waals surface area contributed by atoms with E-state index in [0.717, 1.165) is 11.8 Å². The van der Waals surface area contributed by atoms with Crippen molar-refractivity contribution in [1.82, 2.24) is 5.43 Å². The van der Waals surface area contributed by atoms with Crippen LogP contribution in [0.1, 0.15) is 22.9 Å². The highest BCUT2D eigenvalue weighted by Gasteiger charge is 2.22. The molecule has 0 bridgehead atoms. The van der Waals surface area contributed by atoms with Crippen molar-refractivity contribution in [3.8, 4) is 0 Å². The quantitative estimate of drug-likeness (QED) is 0.882. The van der Waals surface area contributed by atoms with Crippen LogP contribution in [0.4, 0.5) is 8.78 Å². The molecule has 1 aromatic carbocycles. The number of nitrogens with zero attached hydrogens (tertiary/aromatic N) is 1. The van der Waals surface area contributed by atoms with E-state index < -0.39 is 11.6 Å². The minimum absolute atomic E-state index is 0.133. The zero-order valence-corrected chi connectivity index (χ0v) is 10.2. The number of halogens is 2. The van der Waals surface area contributed by atoms with Crippen molar-refractivity contribution in [1.29, 1.82) is 0 Å². The molecular weight excluding hydrogens is 254 g/mol. The van der Waals surface area contributed by atoms with Gasteiger partial charge in [-0.1, -0.05) is 6.07 Å². The molecule has 1 aliphatic rings. The van der Waals surface area contributed by atoms with Crippen LogP contribution in [0.25, 0.3) is 0 Å². The molecule has 3 rings (SSSR count). The van der Waals surface area contributed by atoms with Gasteiger partial charge in [-0.2, -0.15) is 5.10 Å². The zero-order valence-electron chi connectivity index (χ0n) is 9.36. The molecular formula is C13H10F2N2S. The summed E-state index contributed by atoms with van der Waals surface area (Å²) in [5.41, 5.74) is 4.41. The van der Waals surface area contributed by atoms with Gasteiger partial charge in [0.05, 0.1) is 11.8 Å². The van der Waals surface area contributed by atoms with Gasteiger partial charge in [0.15, 0.2) is 11.6 Å². The lowest BCUT2D eigenvalue weighted by molar-refractivity contribution is 0.508. The Kier molecular flexibility index (Phi) is 2.83. The van der Waals surface area contributed by atoms with Crippen LogP contribution in [0.15, 0.2) is 40.8 Å². The van der Waals surface area contributed by atoms with E-state index >= 15 is 0 Å². The SMILES string of the molecule is Fc1ccc(C2=NNC(c3cccs3)C2)cc1F. The zero-order chi connectivity index (χ0) is 12.5. The average Bonchev–Trinajstić information content (AvgIpc) is 3.01. The molecule has 1 aliphatic heterocycles. The van der Waals surface area contributed by atoms with Crippen molar-refractivity contribution in [3.05, 3.63) is 57.8 Å². The van der Waals surface area contributed by atoms with Crippen LogP contribution < -0.4 is 5.43 Å². The summed E-state index contributed by atoms with van der Waals surface area (Å²) in [5.74, 6) is -1.67. The second-order valence-electron chi connectivity index (χ2n) is 4.09. The molecule has 1 atom stereocenters. The summed E-state index contributed by atoms with van der Waals surface area (Å²) < 4.78 is 26.0. The normalized spacial score (nSPS) is 18.6. The van der Waals surface area contributed by atoms with Gasteiger partial charge in [-0.15, -0.1) is 11.3 Å². The summed E-state index contributed by atoms with van der Waals surface area (Å²) in [6.07, 6.45) is 0.686. The number of thiophene rings is 1. The van der Waals surface area contributed by atoms with Crippen LogP contribution in [0.3, 0.4) is 0 Å². The monoisotopic (exact) mass is 264 g/mol. The van der Waals surface area contributed by atoms with Crippen molar-refractivity contribution in [2.24, 2.45) is 5.10 Å². The highest BCUT2D eigenvalue weighted by molar-refractivity contribution is 7.10. The molecule has 0 spiro atoms. The second-order valence-corrected chi connectivity index (χ2v) is 5.07. The molecule has 18 heavy (non-hydrogen) atoms. The number of hydrogen-bond donors (Lipinski definition) is 1. The molecule has 0 saturated heterocycles. The van der Waals surface area contributed by atoms with E-state index in [9.17, 15) is 8.78 Å². The maximum absolute atomic E-state index is 13.2.